The molecule has 5 aromatic rings. The average Bonchev–Trinajstić information content (AvgIpc) is 2.77. The van der Waals surface area contributed by atoms with Gasteiger partial charge in [-0.05, 0) is 41.1 Å². The fourth-order valence-electron chi connectivity index (χ4n) is 3.47. The Morgan fingerprint density at radius 2 is 1.52 bits per heavy atom. The van der Waals surface area contributed by atoms with Gasteiger partial charge in [0, 0.05) is 11.6 Å². The highest BCUT2D eigenvalue weighted by atomic mass is 16.5. The molecule has 1 aromatic heterocycles. The topological polar surface area (TPSA) is 56.5 Å². The second kappa shape index (κ2) is 6.91. The van der Waals surface area contributed by atoms with Crippen LogP contribution in [-0.2, 0) is 0 Å². The predicted octanol–water partition coefficient (Wildman–Crippen LogP) is 5.36. The molecule has 29 heavy (non-hydrogen) atoms. The molecule has 0 aliphatic carbocycles. The van der Waals surface area contributed by atoms with Gasteiger partial charge in [-0.1, -0.05) is 48.5 Å². The van der Waals surface area contributed by atoms with Crippen LogP contribution in [0.4, 0.5) is 0 Å². The van der Waals surface area contributed by atoms with E-state index in [0.29, 0.717) is 33.3 Å². The third kappa shape index (κ3) is 3.15. The van der Waals surface area contributed by atoms with E-state index in [1.54, 1.807) is 42.5 Å². The van der Waals surface area contributed by atoms with Crippen LogP contribution in [0.5, 0.6) is 5.75 Å². The van der Waals surface area contributed by atoms with Crippen molar-refractivity contribution in [1.82, 2.24) is 0 Å². The first-order chi connectivity index (χ1) is 14.2. The number of rotatable bonds is 4. The molecular formula is C25H16O4. The number of carbonyl (C=O) groups excluding carboxylic acids is 1. The molecule has 0 saturated carbocycles. The molecule has 5 rings (SSSR count). The molecule has 0 atom stereocenters. The average molecular weight is 380 g/mol. The minimum Gasteiger partial charge on any atom is -0.485 e. The van der Waals surface area contributed by atoms with Crippen LogP contribution in [0, 0.1) is 0 Å². The fourth-order valence-corrected chi connectivity index (χ4v) is 3.47. The van der Waals surface area contributed by atoms with Crippen molar-refractivity contribution in [3.05, 3.63) is 101 Å². The molecule has 0 radical (unpaired) electrons. The monoisotopic (exact) mass is 380 g/mol. The summed E-state index contributed by atoms with van der Waals surface area (Å²) in [5.41, 5.74) is 1.47. The lowest BCUT2D eigenvalue weighted by Gasteiger charge is -2.08. The molecule has 0 amide bonds. The van der Waals surface area contributed by atoms with Crippen LogP contribution in [0.15, 0.2) is 94.1 Å². The van der Waals surface area contributed by atoms with E-state index in [2.05, 4.69) is 0 Å². The maximum atomic E-state index is 12.6. The van der Waals surface area contributed by atoms with E-state index >= 15 is 0 Å². The third-order valence-corrected chi connectivity index (χ3v) is 4.99. The van der Waals surface area contributed by atoms with Gasteiger partial charge >= 0.3 is 0 Å². The van der Waals surface area contributed by atoms with E-state index < -0.39 is 0 Å². The van der Waals surface area contributed by atoms with Crippen LogP contribution in [0.3, 0.4) is 0 Å². The van der Waals surface area contributed by atoms with Crippen molar-refractivity contribution < 1.29 is 13.9 Å². The molecule has 0 N–H and O–H groups in total. The Balaban J connectivity index is 1.41. The van der Waals surface area contributed by atoms with Gasteiger partial charge in [-0.15, -0.1) is 0 Å². The molecule has 0 unspecified atom stereocenters. The van der Waals surface area contributed by atoms with Gasteiger partial charge in [-0.2, -0.15) is 0 Å². The number of hydrogen-bond acceptors (Lipinski definition) is 4. The zero-order valence-electron chi connectivity index (χ0n) is 15.4. The van der Waals surface area contributed by atoms with Crippen molar-refractivity contribution in [2.75, 3.05) is 6.61 Å². The number of Topliss-reactive ketones (excluding diaryl/α,β-unsaturated/α-hetero) is 1. The van der Waals surface area contributed by atoms with Crippen molar-refractivity contribution in [3.63, 3.8) is 0 Å². The van der Waals surface area contributed by atoms with Crippen molar-refractivity contribution >= 4 is 38.5 Å². The highest BCUT2D eigenvalue weighted by molar-refractivity contribution is 6.01. The summed E-state index contributed by atoms with van der Waals surface area (Å²) in [7, 11) is 0. The molecule has 4 aromatic carbocycles. The second-order valence-corrected chi connectivity index (χ2v) is 6.86. The molecule has 0 bridgehead atoms. The van der Waals surface area contributed by atoms with Gasteiger partial charge in [-0.3, -0.25) is 9.59 Å². The molecule has 0 aliphatic heterocycles. The smallest absolute Gasteiger partial charge is 0.200 e. The fraction of sp³-hybridized carbons (Fsp3) is 0.0400. The van der Waals surface area contributed by atoms with Crippen LogP contribution in [0.2, 0.25) is 0 Å². The van der Waals surface area contributed by atoms with E-state index in [0.717, 1.165) is 10.8 Å². The maximum Gasteiger partial charge on any atom is 0.200 e. The van der Waals surface area contributed by atoms with Crippen molar-refractivity contribution in [1.29, 1.82) is 0 Å². The summed E-state index contributed by atoms with van der Waals surface area (Å²) in [4.78, 5) is 25.2. The van der Waals surface area contributed by atoms with Crippen LogP contribution >= 0.6 is 0 Å². The quantitative estimate of drug-likeness (QED) is 0.311. The van der Waals surface area contributed by atoms with Crippen molar-refractivity contribution in [2.24, 2.45) is 0 Å². The molecule has 4 heteroatoms. The Morgan fingerprint density at radius 1 is 0.759 bits per heavy atom. The number of carbonyl (C=O) groups is 1. The summed E-state index contributed by atoms with van der Waals surface area (Å²) in [6.45, 7) is -0.0956. The normalized spacial score (nSPS) is 11.2. The number of benzene rings is 4. The summed E-state index contributed by atoms with van der Waals surface area (Å²) >= 11 is 0. The van der Waals surface area contributed by atoms with Gasteiger partial charge in [0.05, 0.1) is 10.8 Å². The van der Waals surface area contributed by atoms with Crippen molar-refractivity contribution in [3.8, 4) is 5.75 Å². The van der Waals surface area contributed by atoms with Gasteiger partial charge in [0.1, 0.15) is 16.9 Å². The molecule has 0 fully saturated rings. The summed E-state index contributed by atoms with van der Waals surface area (Å²) in [6, 6.07) is 25.6. The highest BCUT2D eigenvalue weighted by Crippen LogP contribution is 2.23. The number of hydrogen-bond donors (Lipinski definition) is 0. The van der Waals surface area contributed by atoms with Crippen LogP contribution in [0.1, 0.15) is 10.4 Å². The van der Waals surface area contributed by atoms with Gasteiger partial charge < -0.3 is 9.15 Å². The Labute approximate surface area is 166 Å². The largest absolute Gasteiger partial charge is 0.485 e. The first-order valence-electron chi connectivity index (χ1n) is 9.29. The van der Waals surface area contributed by atoms with E-state index in [-0.39, 0.29) is 17.8 Å². The van der Waals surface area contributed by atoms with Crippen LogP contribution < -0.4 is 10.2 Å². The number of fused-ring (bicyclic) bond motifs is 3. The SMILES string of the molecule is O=C(COc1ccc2c(=O)c3ccccc3oc2c1)c1ccc2ccccc2c1. The number of para-hydroxylation sites is 1. The standard InChI is InChI=1S/C25H16O4/c26-22(18-10-9-16-5-1-2-6-17(16)13-18)15-28-19-11-12-21-24(14-19)29-23-8-4-3-7-20(23)25(21)27/h1-14H,15H2. The molecule has 0 spiro atoms. The van der Waals surface area contributed by atoms with Gasteiger partial charge in [0.25, 0.3) is 0 Å². The molecule has 0 aliphatic rings. The highest BCUT2D eigenvalue weighted by Gasteiger charge is 2.11. The number of ketones is 1. The summed E-state index contributed by atoms with van der Waals surface area (Å²) < 4.78 is 11.5. The first-order valence-corrected chi connectivity index (χ1v) is 9.29. The van der Waals surface area contributed by atoms with Crippen LogP contribution in [-0.4, -0.2) is 12.4 Å². The van der Waals surface area contributed by atoms with Gasteiger partial charge in [-0.25, -0.2) is 0 Å². The van der Waals surface area contributed by atoms with Gasteiger partial charge in [0.15, 0.2) is 12.4 Å². The minimum atomic E-state index is -0.115. The second-order valence-electron chi connectivity index (χ2n) is 6.86. The molecule has 0 saturated heterocycles. The first kappa shape index (κ1) is 17.2. The molecule has 140 valence electrons. The predicted molar refractivity (Wildman–Crippen MR) is 114 cm³/mol. The number of ether oxygens (including phenoxy) is 1. The van der Waals surface area contributed by atoms with E-state index in [9.17, 15) is 9.59 Å². The minimum absolute atomic E-state index is 0.0827. The zero-order chi connectivity index (χ0) is 19.8. The van der Waals surface area contributed by atoms with E-state index in [1.807, 2.05) is 42.5 Å². The van der Waals surface area contributed by atoms with Gasteiger partial charge in [0.2, 0.25) is 5.43 Å². The molecule has 1 heterocycles. The lowest BCUT2D eigenvalue weighted by molar-refractivity contribution is 0.0921. The summed E-state index contributed by atoms with van der Waals surface area (Å²) in [6.07, 6.45) is 0. The Kier molecular flexibility index (Phi) is 4.10. The van der Waals surface area contributed by atoms with Crippen molar-refractivity contribution in [2.45, 2.75) is 0 Å². The Hall–Kier alpha value is -3.92. The molecule has 4 nitrogen and oxygen atoms in total. The maximum absolute atomic E-state index is 12.6. The third-order valence-electron chi connectivity index (χ3n) is 4.99. The summed E-state index contributed by atoms with van der Waals surface area (Å²) in [5, 5.41) is 3.12. The van der Waals surface area contributed by atoms with E-state index in [4.69, 9.17) is 9.15 Å². The van der Waals surface area contributed by atoms with E-state index in [1.165, 1.54) is 0 Å². The lowest BCUT2D eigenvalue weighted by Crippen LogP contribution is -2.11. The lowest BCUT2D eigenvalue weighted by atomic mass is 10.0. The van der Waals surface area contributed by atoms with Crippen LogP contribution in [0.25, 0.3) is 32.7 Å². The Bertz CT molecular complexity index is 1450. The molecular weight excluding hydrogens is 364 g/mol. The zero-order valence-corrected chi connectivity index (χ0v) is 15.4. The Morgan fingerprint density at radius 3 is 2.41 bits per heavy atom. The summed E-state index contributed by atoms with van der Waals surface area (Å²) in [5.74, 6) is 0.362.